The van der Waals surface area contributed by atoms with Crippen molar-refractivity contribution in [3.05, 3.63) is 58.4 Å². The van der Waals surface area contributed by atoms with Gasteiger partial charge in [0.2, 0.25) is 5.91 Å². The minimum Gasteiger partial charge on any atom is -0.383 e. The Bertz CT molecular complexity index is 913. The summed E-state index contributed by atoms with van der Waals surface area (Å²) < 4.78 is 14.8. The van der Waals surface area contributed by atoms with Crippen LogP contribution in [-0.2, 0) is 4.79 Å². The third kappa shape index (κ3) is 5.93. The summed E-state index contributed by atoms with van der Waals surface area (Å²) in [6.07, 6.45) is 2.59. The number of benzene rings is 2. The van der Waals surface area contributed by atoms with Crippen LogP contribution < -0.4 is 10.6 Å². The second-order valence-electron chi connectivity index (χ2n) is 8.17. The summed E-state index contributed by atoms with van der Waals surface area (Å²) in [5, 5.41) is 6.17. The molecular formula is C25H33FN2O. The summed E-state index contributed by atoms with van der Waals surface area (Å²) in [6, 6.07) is 9.65. The largest absolute Gasteiger partial charge is 0.383 e. The standard InChI is InChI=1S/C25H33FN2O/c1-8-19(25(29)28-16(4)5)13-20-11-18(7)23(12-17(20)6)22-10-9-21(14-24(22)26)27-15(2)3/h9-16,27H,8H2,1-7H3,(H,28,29)/b19-13+. The zero-order valence-electron chi connectivity index (χ0n) is 18.6. The molecule has 29 heavy (non-hydrogen) atoms. The van der Waals surface area contributed by atoms with Crippen molar-refractivity contribution in [1.82, 2.24) is 5.32 Å². The average Bonchev–Trinajstić information content (AvgIpc) is 2.61. The van der Waals surface area contributed by atoms with Gasteiger partial charge in [0.25, 0.3) is 0 Å². The zero-order valence-corrected chi connectivity index (χ0v) is 18.6. The molecule has 0 aliphatic rings. The van der Waals surface area contributed by atoms with E-state index >= 15 is 0 Å². The summed E-state index contributed by atoms with van der Waals surface area (Å²) in [7, 11) is 0. The van der Waals surface area contributed by atoms with Crippen LogP contribution in [-0.4, -0.2) is 18.0 Å². The topological polar surface area (TPSA) is 41.1 Å². The van der Waals surface area contributed by atoms with Crippen LogP contribution in [0.25, 0.3) is 17.2 Å². The van der Waals surface area contributed by atoms with Crippen molar-refractivity contribution in [2.45, 2.75) is 67.0 Å². The fourth-order valence-electron chi connectivity index (χ4n) is 3.31. The molecule has 0 fully saturated rings. The Morgan fingerprint density at radius 1 is 1.00 bits per heavy atom. The molecule has 2 aromatic carbocycles. The highest BCUT2D eigenvalue weighted by Crippen LogP contribution is 2.31. The molecule has 0 aliphatic carbocycles. The van der Waals surface area contributed by atoms with Crippen LogP contribution in [0, 0.1) is 19.7 Å². The van der Waals surface area contributed by atoms with Crippen LogP contribution in [0.4, 0.5) is 10.1 Å². The summed E-state index contributed by atoms with van der Waals surface area (Å²) >= 11 is 0. The molecule has 1 amide bonds. The molecule has 3 nitrogen and oxygen atoms in total. The SMILES string of the molecule is CC/C(=C\c1cc(C)c(-c2ccc(NC(C)C)cc2F)cc1C)C(=O)NC(C)C. The molecule has 0 radical (unpaired) electrons. The molecule has 0 aliphatic heterocycles. The number of anilines is 1. The van der Waals surface area contributed by atoms with Gasteiger partial charge in [-0.25, -0.2) is 4.39 Å². The van der Waals surface area contributed by atoms with Crippen LogP contribution in [0.15, 0.2) is 35.9 Å². The van der Waals surface area contributed by atoms with Crippen LogP contribution in [0.3, 0.4) is 0 Å². The number of nitrogens with one attached hydrogen (secondary N) is 2. The second-order valence-corrected chi connectivity index (χ2v) is 8.17. The first-order chi connectivity index (χ1) is 13.6. The molecule has 0 atom stereocenters. The molecule has 0 spiro atoms. The first-order valence-corrected chi connectivity index (χ1v) is 10.3. The fourth-order valence-corrected chi connectivity index (χ4v) is 3.31. The first kappa shape index (κ1) is 22.7. The predicted molar refractivity (Wildman–Crippen MR) is 122 cm³/mol. The number of rotatable bonds is 7. The van der Waals surface area contributed by atoms with E-state index in [-0.39, 0.29) is 23.8 Å². The van der Waals surface area contributed by atoms with Gasteiger partial charge in [-0.15, -0.1) is 0 Å². The molecule has 4 heteroatoms. The molecule has 0 saturated heterocycles. The lowest BCUT2D eigenvalue weighted by Crippen LogP contribution is -2.31. The van der Waals surface area contributed by atoms with E-state index in [2.05, 4.69) is 10.6 Å². The van der Waals surface area contributed by atoms with Crippen molar-refractivity contribution >= 4 is 17.7 Å². The summed E-state index contributed by atoms with van der Waals surface area (Å²) in [4.78, 5) is 12.4. The van der Waals surface area contributed by atoms with E-state index in [0.717, 1.165) is 33.5 Å². The van der Waals surface area contributed by atoms with Gasteiger partial charge in [-0.3, -0.25) is 4.79 Å². The van der Waals surface area contributed by atoms with Gasteiger partial charge >= 0.3 is 0 Å². The summed E-state index contributed by atoms with van der Waals surface area (Å²) in [5.74, 6) is -0.282. The second kappa shape index (κ2) is 9.73. The maximum absolute atomic E-state index is 14.8. The van der Waals surface area contributed by atoms with E-state index < -0.39 is 0 Å². The number of carbonyl (C=O) groups excluding carboxylic acids is 1. The Hall–Kier alpha value is -2.62. The van der Waals surface area contributed by atoms with Gasteiger partial charge in [0.15, 0.2) is 0 Å². The van der Waals surface area contributed by atoms with Gasteiger partial charge in [-0.2, -0.15) is 0 Å². The van der Waals surface area contributed by atoms with E-state index in [1.54, 1.807) is 6.07 Å². The number of aryl methyl sites for hydroxylation is 2. The quantitative estimate of drug-likeness (QED) is 0.543. The first-order valence-electron chi connectivity index (χ1n) is 10.3. The maximum Gasteiger partial charge on any atom is 0.247 e. The highest BCUT2D eigenvalue weighted by atomic mass is 19.1. The van der Waals surface area contributed by atoms with Crippen molar-refractivity contribution in [1.29, 1.82) is 0 Å². The lowest BCUT2D eigenvalue weighted by molar-refractivity contribution is -0.118. The van der Waals surface area contributed by atoms with E-state index in [1.165, 1.54) is 0 Å². The lowest BCUT2D eigenvalue weighted by atomic mass is 9.93. The van der Waals surface area contributed by atoms with Gasteiger partial charge in [0, 0.05) is 28.9 Å². The third-order valence-corrected chi connectivity index (χ3v) is 4.75. The van der Waals surface area contributed by atoms with Crippen LogP contribution in [0.2, 0.25) is 0 Å². The van der Waals surface area contributed by atoms with Crippen LogP contribution in [0.5, 0.6) is 0 Å². The van der Waals surface area contributed by atoms with E-state index in [1.807, 2.05) is 78.8 Å². The zero-order chi connectivity index (χ0) is 21.7. The Morgan fingerprint density at radius 3 is 2.24 bits per heavy atom. The maximum atomic E-state index is 14.8. The number of carbonyl (C=O) groups is 1. The normalized spacial score (nSPS) is 11.9. The smallest absolute Gasteiger partial charge is 0.247 e. The molecule has 2 rings (SSSR count). The molecule has 0 unspecified atom stereocenters. The number of hydrogen-bond donors (Lipinski definition) is 2. The van der Waals surface area contributed by atoms with Crippen LogP contribution in [0.1, 0.15) is 57.7 Å². The molecule has 0 heterocycles. The summed E-state index contributed by atoms with van der Waals surface area (Å²) in [5.41, 5.74) is 5.95. The van der Waals surface area contributed by atoms with Crippen molar-refractivity contribution in [2.24, 2.45) is 0 Å². The van der Waals surface area contributed by atoms with Gasteiger partial charge in [0.05, 0.1) is 0 Å². The Morgan fingerprint density at radius 2 is 1.69 bits per heavy atom. The fraction of sp³-hybridized carbons (Fsp3) is 0.400. The van der Waals surface area contributed by atoms with E-state index in [0.29, 0.717) is 12.0 Å². The third-order valence-electron chi connectivity index (χ3n) is 4.75. The molecule has 0 aromatic heterocycles. The molecule has 2 N–H and O–H groups in total. The highest BCUT2D eigenvalue weighted by Gasteiger charge is 2.13. The molecule has 0 saturated carbocycles. The predicted octanol–water partition coefficient (Wildman–Crippen LogP) is 6.25. The minimum atomic E-state index is -0.244. The molecular weight excluding hydrogens is 363 g/mol. The van der Waals surface area contributed by atoms with Gasteiger partial charge in [-0.1, -0.05) is 19.1 Å². The molecule has 0 bridgehead atoms. The van der Waals surface area contributed by atoms with E-state index in [4.69, 9.17) is 0 Å². The monoisotopic (exact) mass is 396 g/mol. The van der Waals surface area contributed by atoms with Gasteiger partial charge < -0.3 is 10.6 Å². The number of amides is 1. The Balaban J connectivity index is 2.41. The average molecular weight is 397 g/mol. The number of hydrogen-bond acceptors (Lipinski definition) is 2. The highest BCUT2D eigenvalue weighted by molar-refractivity contribution is 5.98. The summed E-state index contributed by atoms with van der Waals surface area (Å²) in [6.45, 7) is 13.9. The van der Waals surface area contributed by atoms with Crippen molar-refractivity contribution in [2.75, 3.05) is 5.32 Å². The molecule has 156 valence electrons. The van der Waals surface area contributed by atoms with Crippen molar-refractivity contribution in [3.63, 3.8) is 0 Å². The molecule has 2 aromatic rings. The van der Waals surface area contributed by atoms with Crippen molar-refractivity contribution in [3.8, 4) is 11.1 Å². The number of halogens is 1. The lowest BCUT2D eigenvalue weighted by Gasteiger charge is -2.15. The Kier molecular flexibility index (Phi) is 7.60. The van der Waals surface area contributed by atoms with Crippen LogP contribution >= 0.6 is 0 Å². The van der Waals surface area contributed by atoms with Crippen molar-refractivity contribution < 1.29 is 9.18 Å². The van der Waals surface area contributed by atoms with Gasteiger partial charge in [-0.05, 0) is 94.5 Å². The Labute approximate surface area is 174 Å². The van der Waals surface area contributed by atoms with E-state index in [9.17, 15) is 9.18 Å². The van der Waals surface area contributed by atoms with Gasteiger partial charge in [0.1, 0.15) is 5.82 Å². The minimum absolute atomic E-state index is 0.0390.